The van der Waals surface area contributed by atoms with E-state index in [1.807, 2.05) is 0 Å². The van der Waals surface area contributed by atoms with Crippen molar-refractivity contribution in [3.63, 3.8) is 0 Å². The lowest BCUT2D eigenvalue weighted by atomic mass is 9.75. The number of nitrogens with one attached hydrogen (secondary N) is 1. The summed E-state index contributed by atoms with van der Waals surface area (Å²) in [6, 6.07) is 4.63. The van der Waals surface area contributed by atoms with E-state index in [1.165, 1.54) is 27.8 Å². The highest BCUT2D eigenvalue weighted by Gasteiger charge is 2.39. The van der Waals surface area contributed by atoms with Crippen LogP contribution in [0.25, 0.3) is 11.1 Å². The van der Waals surface area contributed by atoms with E-state index in [-0.39, 0.29) is 6.79 Å². The van der Waals surface area contributed by atoms with Gasteiger partial charge in [-0.2, -0.15) is 0 Å². The lowest BCUT2D eigenvalue weighted by molar-refractivity contribution is 0.171. The third-order valence-corrected chi connectivity index (χ3v) is 5.60. The molecule has 0 amide bonds. The highest BCUT2D eigenvalue weighted by molar-refractivity contribution is 5.88. The number of rotatable bonds is 1. The lowest BCUT2D eigenvalue weighted by Crippen LogP contribution is -2.34. The molecule has 122 valence electrons. The van der Waals surface area contributed by atoms with Crippen molar-refractivity contribution in [2.75, 3.05) is 20.4 Å². The van der Waals surface area contributed by atoms with E-state index < -0.39 is 0 Å². The topological polar surface area (TPSA) is 49.0 Å². The second kappa shape index (κ2) is 4.36. The van der Waals surface area contributed by atoms with Crippen LogP contribution in [0.15, 0.2) is 12.1 Å². The third kappa shape index (κ3) is 1.44. The van der Waals surface area contributed by atoms with E-state index in [2.05, 4.69) is 17.4 Å². The molecule has 1 atom stereocenters. The Morgan fingerprint density at radius 1 is 1.08 bits per heavy atom. The molecule has 1 unspecified atom stereocenters. The predicted octanol–water partition coefficient (Wildman–Crippen LogP) is 2.73. The van der Waals surface area contributed by atoms with E-state index in [0.717, 1.165) is 47.9 Å². The largest absolute Gasteiger partial charge is 0.493 e. The molecule has 2 aromatic rings. The minimum atomic E-state index is 0.288. The van der Waals surface area contributed by atoms with Crippen LogP contribution in [0.1, 0.15) is 28.3 Å². The number of benzene rings is 2. The molecule has 3 heterocycles. The Balaban J connectivity index is 1.75. The first-order valence-electron chi connectivity index (χ1n) is 8.40. The van der Waals surface area contributed by atoms with E-state index in [1.54, 1.807) is 7.11 Å². The van der Waals surface area contributed by atoms with Crippen LogP contribution >= 0.6 is 0 Å². The van der Waals surface area contributed by atoms with E-state index >= 15 is 0 Å². The van der Waals surface area contributed by atoms with Gasteiger partial charge in [0.2, 0.25) is 6.79 Å². The van der Waals surface area contributed by atoms with Crippen LogP contribution in [-0.4, -0.2) is 20.4 Å². The fourth-order valence-corrected chi connectivity index (χ4v) is 4.66. The quantitative estimate of drug-likeness (QED) is 0.874. The highest BCUT2D eigenvalue weighted by atomic mass is 16.7. The number of methoxy groups -OCH3 is 1. The van der Waals surface area contributed by atoms with Gasteiger partial charge in [-0.1, -0.05) is 0 Å². The fourth-order valence-electron chi connectivity index (χ4n) is 4.66. The van der Waals surface area contributed by atoms with Crippen molar-refractivity contribution in [3.05, 3.63) is 34.4 Å². The molecule has 24 heavy (non-hydrogen) atoms. The summed E-state index contributed by atoms with van der Waals surface area (Å²) < 4.78 is 23.2. The van der Waals surface area contributed by atoms with Crippen LogP contribution in [0.2, 0.25) is 0 Å². The minimum absolute atomic E-state index is 0.288. The Bertz CT molecular complexity index is 905. The summed E-state index contributed by atoms with van der Waals surface area (Å²) >= 11 is 0. The fraction of sp³-hybridized carbons (Fsp3) is 0.368. The Kier molecular flexibility index (Phi) is 2.35. The van der Waals surface area contributed by atoms with Gasteiger partial charge in [-0.25, -0.2) is 0 Å². The van der Waals surface area contributed by atoms with E-state index in [0.29, 0.717) is 12.6 Å². The monoisotopic (exact) mass is 323 g/mol. The minimum Gasteiger partial charge on any atom is -0.493 e. The molecule has 3 aliphatic heterocycles. The van der Waals surface area contributed by atoms with Crippen molar-refractivity contribution in [2.24, 2.45) is 0 Å². The summed E-state index contributed by atoms with van der Waals surface area (Å²) in [7, 11) is 1.71. The van der Waals surface area contributed by atoms with Crippen LogP contribution in [0.3, 0.4) is 0 Å². The second-order valence-electron chi connectivity index (χ2n) is 6.73. The molecule has 1 N–H and O–H groups in total. The molecule has 0 saturated heterocycles. The molecule has 0 aromatic heterocycles. The van der Waals surface area contributed by atoms with Crippen LogP contribution in [0, 0.1) is 0 Å². The van der Waals surface area contributed by atoms with Gasteiger partial charge in [-0.15, -0.1) is 0 Å². The first-order chi connectivity index (χ1) is 11.8. The van der Waals surface area contributed by atoms with E-state index in [4.69, 9.17) is 18.9 Å². The molecule has 5 heteroatoms. The second-order valence-corrected chi connectivity index (χ2v) is 6.73. The van der Waals surface area contributed by atoms with Crippen LogP contribution in [0.4, 0.5) is 0 Å². The smallest absolute Gasteiger partial charge is 0.231 e. The standard InChI is InChI=1S/C19H17NO4/c1-21-13-5-9-2-3-20-12-4-10-6-14-18(24-8-23-14)11-7-22-19(13)17(15(10)11)16(9)12/h5-6,12,20H,2-4,7-8H2,1H3. The Hall–Kier alpha value is -2.40. The molecule has 6 rings (SSSR count). The molecule has 4 aliphatic rings. The van der Waals surface area contributed by atoms with Crippen molar-refractivity contribution in [1.29, 1.82) is 0 Å². The van der Waals surface area contributed by atoms with Gasteiger partial charge in [-0.3, -0.25) is 0 Å². The van der Waals surface area contributed by atoms with Crippen molar-refractivity contribution in [3.8, 4) is 34.1 Å². The zero-order valence-corrected chi connectivity index (χ0v) is 13.4. The Morgan fingerprint density at radius 3 is 2.96 bits per heavy atom. The maximum absolute atomic E-state index is 6.15. The van der Waals surface area contributed by atoms with Gasteiger partial charge >= 0.3 is 0 Å². The molecule has 2 aromatic carbocycles. The van der Waals surface area contributed by atoms with Crippen LogP contribution in [0.5, 0.6) is 23.0 Å². The molecule has 0 spiro atoms. The van der Waals surface area contributed by atoms with Gasteiger partial charge in [0.25, 0.3) is 0 Å². The number of ether oxygens (including phenoxy) is 4. The first-order valence-corrected chi connectivity index (χ1v) is 8.40. The first kappa shape index (κ1) is 13.0. The average Bonchev–Trinajstić information content (AvgIpc) is 3.09. The van der Waals surface area contributed by atoms with Gasteiger partial charge in [0.05, 0.1) is 7.11 Å². The zero-order valence-electron chi connectivity index (χ0n) is 13.4. The summed E-state index contributed by atoms with van der Waals surface area (Å²) in [5.74, 6) is 3.40. The summed E-state index contributed by atoms with van der Waals surface area (Å²) in [6.07, 6.45) is 2.00. The van der Waals surface area contributed by atoms with Gasteiger partial charge in [0.15, 0.2) is 23.0 Å². The van der Waals surface area contributed by atoms with Crippen molar-refractivity contribution >= 4 is 0 Å². The summed E-state index contributed by atoms with van der Waals surface area (Å²) in [6.45, 7) is 1.78. The predicted molar refractivity (Wildman–Crippen MR) is 87.0 cm³/mol. The van der Waals surface area contributed by atoms with Crippen LogP contribution in [-0.2, 0) is 19.4 Å². The summed E-state index contributed by atoms with van der Waals surface area (Å²) in [4.78, 5) is 0. The molecule has 0 fully saturated rings. The lowest BCUT2D eigenvalue weighted by Gasteiger charge is -2.38. The summed E-state index contributed by atoms with van der Waals surface area (Å²) in [5, 5.41) is 3.67. The Labute approximate surface area is 139 Å². The third-order valence-electron chi connectivity index (χ3n) is 5.60. The van der Waals surface area contributed by atoms with Gasteiger partial charge in [-0.05, 0) is 53.8 Å². The van der Waals surface area contributed by atoms with Crippen molar-refractivity contribution in [1.82, 2.24) is 5.32 Å². The maximum Gasteiger partial charge on any atom is 0.231 e. The van der Waals surface area contributed by atoms with Crippen molar-refractivity contribution < 1.29 is 18.9 Å². The number of fused-ring (bicyclic) bond motifs is 2. The van der Waals surface area contributed by atoms with Crippen LogP contribution < -0.4 is 24.3 Å². The molecule has 0 saturated carbocycles. The Morgan fingerprint density at radius 2 is 2.04 bits per heavy atom. The molecule has 0 bridgehead atoms. The van der Waals surface area contributed by atoms with Crippen molar-refractivity contribution in [2.45, 2.75) is 25.5 Å². The summed E-state index contributed by atoms with van der Waals surface area (Å²) in [5.41, 5.74) is 7.65. The molecule has 5 nitrogen and oxygen atoms in total. The normalized spacial score (nSPS) is 21.1. The molecular weight excluding hydrogens is 306 g/mol. The average molecular weight is 323 g/mol. The SMILES string of the molecule is COc1cc2c3c4c1OCc1c5c(cc(c1-4)CC3NCC2)OCO5. The number of hydrogen-bond donors (Lipinski definition) is 1. The molecule has 0 radical (unpaired) electrons. The zero-order chi connectivity index (χ0) is 15.8. The highest BCUT2D eigenvalue weighted by Crippen LogP contribution is 2.57. The maximum atomic E-state index is 6.15. The van der Waals surface area contributed by atoms with Gasteiger partial charge in [0.1, 0.15) is 6.61 Å². The number of hydrogen-bond acceptors (Lipinski definition) is 5. The van der Waals surface area contributed by atoms with E-state index in [9.17, 15) is 0 Å². The molecule has 1 aliphatic carbocycles. The van der Waals surface area contributed by atoms with Gasteiger partial charge in [0, 0.05) is 17.2 Å². The molecular formula is C19H17NO4. The van der Waals surface area contributed by atoms with Gasteiger partial charge < -0.3 is 24.3 Å².